The molecule has 3 N–H and O–H groups in total. The molecule has 1 heterocycles. The first kappa shape index (κ1) is 11.3. The molecule has 0 aliphatic heterocycles. The number of benzene rings is 2. The van der Waals surface area contributed by atoms with Crippen LogP contribution in [0.15, 0.2) is 48.7 Å². The zero-order chi connectivity index (χ0) is 13.4. The number of hydrogen-bond acceptors (Lipinski definition) is 2. The van der Waals surface area contributed by atoms with Gasteiger partial charge in [-0.15, -0.1) is 0 Å². The molecule has 0 saturated carbocycles. The van der Waals surface area contributed by atoms with Crippen molar-refractivity contribution in [1.82, 2.24) is 4.98 Å². The molecule has 0 unspecified atom stereocenters. The average molecular weight is 253 g/mol. The summed E-state index contributed by atoms with van der Waals surface area (Å²) in [5.41, 5.74) is 2.51. The number of carboxylic acids is 1. The Morgan fingerprint density at radius 2 is 1.84 bits per heavy atom. The van der Waals surface area contributed by atoms with Gasteiger partial charge in [-0.1, -0.05) is 18.2 Å². The quantitative estimate of drug-likeness (QED) is 0.656. The van der Waals surface area contributed by atoms with E-state index in [9.17, 15) is 9.90 Å². The molecule has 94 valence electrons. The highest BCUT2D eigenvalue weighted by Gasteiger charge is 2.12. The molecule has 4 nitrogen and oxygen atoms in total. The lowest BCUT2D eigenvalue weighted by Crippen LogP contribution is -1.95. The summed E-state index contributed by atoms with van der Waals surface area (Å²) in [6.07, 6.45) is 1.81. The molecule has 0 saturated heterocycles. The van der Waals surface area contributed by atoms with Gasteiger partial charge in [0, 0.05) is 28.2 Å². The number of aromatic carboxylic acids is 1. The third-order valence-corrected chi connectivity index (χ3v) is 3.12. The molecular weight excluding hydrogens is 242 g/mol. The van der Waals surface area contributed by atoms with Gasteiger partial charge in [0.1, 0.15) is 5.75 Å². The van der Waals surface area contributed by atoms with Crippen molar-refractivity contribution < 1.29 is 15.0 Å². The van der Waals surface area contributed by atoms with Gasteiger partial charge in [0.15, 0.2) is 0 Å². The van der Waals surface area contributed by atoms with Crippen molar-refractivity contribution in [3.05, 3.63) is 54.2 Å². The van der Waals surface area contributed by atoms with Gasteiger partial charge in [0.25, 0.3) is 0 Å². The van der Waals surface area contributed by atoms with E-state index in [0.29, 0.717) is 5.56 Å². The Balaban J connectivity index is 2.19. The summed E-state index contributed by atoms with van der Waals surface area (Å²) in [5.74, 6) is -1.09. The smallest absolute Gasteiger partial charge is 0.335 e. The van der Waals surface area contributed by atoms with Crippen molar-refractivity contribution in [1.29, 1.82) is 0 Å². The zero-order valence-corrected chi connectivity index (χ0v) is 9.92. The van der Waals surface area contributed by atoms with Crippen molar-refractivity contribution >= 4 is 16.9 Å². The normalized spacial score (nSPS) is 10.7. The third kappa shape index (κ3) is 1.83. The molecule has 1 aromatic heterocycles. The first-order valence-corrected chi connectivity index (χ1v) is 5.79. The summed E-state index contributed by atoms with van der Waals surface area (Å²) in [4.78, 5) is 14.0. The summed E-state index contributed by atoms with van der Waals surface area (Å²) >= 11 is 0. The summed E-state index contributed by atoms with van der Waals surface area (Å²) in [6.45, 7) is 0. The Labute approximate surface area is 108 Å². The maximum absolute atomic E-state index is 10.8. The molecule has 3 rings (SSSR count). The van der Waals surface area contributed by atoms with Gasteiger partial charge in [0.05, 0.1) is 5.56 Å². The van der Waals surface area contributed by atoms with Gasteiger partial charge < -0.3 is 15.2 Å². The number of rotatable bonds is 2. The van der Waals surface area contributed by atoms with E-state index in [1.165, 1.54) is 12.1 Å². The fraction of sp³-hybridized carbons (Fsp3) is 0. The second kappa shape index (κ2) is 4.17. The number of aromatic nitrogens is 1. The number of phenolic OH excluding ortho intramolecular Hbond substituents is 1. The fourth-order valence-electron chi connectivity index (χ4n) is 2.19. The number of aromatic amines is 1. The van der Waals surface area contributed by atoms with Crippen LogP contribution in [0.4, 0.5) is 0 Å². The van der Waals surface area contributed by atoms with Gasteiger partial charge >= 0.3 is 5.97 Å². The third-order valence-electron chi connectivity index (χ3n) is 3.12. The maximum atomic E-state index is 10.8. The van der Waals surface area contributed by atoms with Crippen molar-refractivity contribution in [3.8, 4) is 16.9 Å². The second-order valence-electron chi connectivity index (χ2n) is 4.29. The van der Waals surface area contributed by atoms with Gasteiger partial charge in [-0.25, -0.2) is 4.79 Å². The molecule has 0 bridgehead atoms. The second-order valence-corrected chi connectivity index (χ2v) is 4.29. The average Bonchev–Trinajstić information content (AvgIpc) is 2.82. The lowest BCUT2D eigenvalue weighted by molar-refractivity contribution is 0.0696. The van der Waals surface area contributed by atoms with Crippen molar-refractivity contribution in [2.45, 2.75) is 0 Å². The molecular formula is C15H11NO3. The lowest BCUT2D eigenvalue weighted by Gasteiger charge is -2.04. The highest BCUT2D eigenvalue weighted by Crippen LogP contribution is 2.34. The van der Waals surface area contributed by atoms with Crippen molar-refractivity contribution in [2.24, 2.45) is 0 Å². The summed E-state index contributed by atoms with van der Waals surface area (Å²) in [6, 6.07) is 12.1. The number of carboxylic acid groups (broad SMARTS) is 1. The number of aromatic hydroxyl groups is 1. The highest BCUT2D eigenvalue weighted by atomic mass is 16.4. The van der Waals surface area contributed by atoms with E-state index in [-0.39, 0.29) is 11.3 Å². The van der Waals surface area contributed by atoms with Crippen LogP contribution >= 0.6 is 0 Å². The van der Waals surface area contributed by atoms with Crippen LogP contribution in [0, 0.1) is 0 Å². The minimum atomic E-state index is -1.05. The van der Waals surface area contributed by atoms with Gasteiger partial charge in [-0.2, -0.15) is 0 Å². The largest absolute Gasteiger partial charge is 0.507 e. The topological polar surface area (TPSA) is 73.3 Å². The molecule has 0 aliphatic carbocycles. The maximum Gasteiger partial charge on any atom is 0.335 e. The summed E-state index contributed by atoms with van der Waals surface area (Å²) in [5, 5.41) is 19.9. The van der Waals surface area contributed by atoms with Gasteiger partial charge in [-0.3, -0.25) is 0 Å². The van der Waals surface area contributed by atoms with E-state index in [0.717, 1.165) is 16.5 Å². The zero-order valence-electron chi connectivity index (χ0n) is 9.92. The molecule has 0 spiro atoms. The van der Waals surface area contributed by atoms with E-state index < -0.39 is 5.97 Å². The van der Waals surface area contributed by atoms with E-state index >= 15 is 0 Å². The Morgan fingerprint density at radius 1 is 1.05 bits per heavy atom. The Morgan fingerprint density at radius 3 is 2.58 bits per heavy atom. The number of carbonyl (C=O) groups is 1. The van der Waals surface area contributed by atoms with E-state index in [1.807, 2.05) is 24.3 Å². The number of phenols is 1. The number of hydrogen-bond donors (Lipinski definition) is 3. The molecule has 4 heteroatoms. The minimum Gasteiger partial charge on any atom is -0.507 e. The molecule has 0 radical (unpaired) electrons. The molecule has 0 fully saturated rings. The minimum absolute atomic E-state index is 0.0374. The van der Waals surface area contributed by atoms with Crippen LogP contribution in [0.5, 0.6) is 5.75 Å². The first-order chi connectivity index (χ1) is 9.16. The molecule has 2 aromatic carbocycles. The van der Waals surface area contributed by atoms with Crippen molar-refractivity contribution in [2.75, 3.05) is 0 Å². The molecule has 0 aliphatic rings. The number of nitrogens with one attached hydrogen (secondary N) is 1. The predicted molar refractivity (Wildman–Crippen MR) is 72.4 cm³/mol. The van der Waals surface area contributed by atoms with Crippen molar-refractivity contribution in [3.63, 3.8) is 0 Å². The van der Waals surface area contributed by atoms with E-state index in [2.05, 4.69) is 4.98 Å². The van der Waals surface area contributed by atoms with E-state index in [4.69, 9.17) is 5.11 Å². The monoisotopic (exact) mass is 253 g/mol. The van der Waals surface area contributed by atoms with Gasteiger partial charge in [-0.05, 0) is 24.3 Å². The van der Waals surface area contributed by atoms with Crippen LogP contribution in [0.2, 0.25) is 0 Å². The SMILES string of the molecule is O=C(O)c1ccc(-c2c[nH]c3ccccc23)c(O)c1. The van der Waals surface area contributed by atoms with Crippen LogP contribution in [0.25, 0.3) is 22.0 Å². The lowest BCUT2D eigenvalue weighted by atomic mass is 10.0. The Hall–Kier alpha value is -2.75. The first-order valence-electron chi connectivity index (χ1n) is 5.79. The number of fused-ring (bicyclic) bond motifs is 1. The Bertz CT molecular complexity index is 774. The fourth-order valence-corrected chi connectivity index (χ4v) is 2.19. The standard InChI is InChI=1S/C15H11NO3/c17-14-7-9(15(18)19)5-6-11(14)12-8-16-13-4-2-1-3-10(12)13/h1-8,16-17H,(H,18,19). The van der Waals surface area contributed by atoms with Crippen LogP contribution in [0.3, 0.4) is 0 Å². The van der Waals surface area contributed by atoms with Gasteiger partial charge in [0.2, 0.25) is 0 Å². The number of para-hydroxylation sites is 1. The predicted octanol–water partition coefficient (Wildman–Crippen LogP) is 3.24. The molecule has 0 atom stereocenters. The van der Waals surface area contributed by atoms with Crippen LogP contribution < -0.4 is 0 Å². The van der Waals surface area contributed by atoms with Crippen LogP contribution in [0.1, 0.15) is 10.4 Å². The number of H-pyrrole nitrogens is 1. The molecule has 19 heavy (non-hydrogen) atoms. The summed E-state index contributed by atoms with van der Waals surface area (Å²) in [7, 11) is 0. The van der Waals surface area contributed by atoms with Crippen LogP contribution in [-0.2, 0) is 0 Å². The van der Waals surface area contributed by atoms with Crippen LogP contribution in [-0.4, -0.2) is 21.2 Å². The van der Waals surface area contributed by atoms with E-state index in [1.54, 1.807) is 12.3 Å². The highest BCUT2D eigenvalue weighted by molar-refractivity contribution is 5.98. The molecule has 3 aromatic rings. The Kier molecular flexibility index (Phi) is 2.49. The molecule has 0 amide bonds. The summed E-state index contributed by atoms with van der Waals surface area (Å²) < 4.78 is 0.